The average Bonchev–Trinajstić information content (AvgIpc) is 3.41. The van der Waals surface area contributed by atoms with Gasteiger partial charge in [-0.05, 0) is 42.5 Å². The van der Waals surface area contributed by atoms with Gasteiger partial charge in [0.05, 0.1) is 5.75 Å². The van der Waals surface area contributed by atoms with Gasteiger partial charge in [-0.1, -0.05) is 90.6 Å². The highest BCUT2D eigenvalue weighted by Crippen LogP contribution is 2.33. The number of thioether (sulfide) groups is 1. The van der Waals surface area contributed by atoms with Gasteiger partial charge < -0.3 is 9.47 Å². The van der Waals surface area contributed by atoms with Gasteiger partial charge in [0.15, 0.2) is 5.16 Å². The van der Waals surface area contributed by atoms with Crippen LogP contribution in [0.15, 0.2) is 90.1 Å². The number of nitrogens with zero attached hydrogens (tertiary/aromatic N) is 4. The zero-order valence-corrected chi connectivity index (χ0v) is 20.1. The molecule has 3 aromatic carbocycles. The monoisotopic (exact) mass is 468 g/mol. The molecule has 4 aromatic rings. The third-order valence-corrected chi connectivity index (χ3v) is 7.22. The molecule has 1 aliphatic rings. The van der Waals surface area contributed by atoms with E-state index in [-0.39, 0.29) is 11.9 Å². The lowest BCUT2D eigenvalue weighted by Crippen LogP contribution is -2.37. The average molecular weight is 469 g/mol. The first-order valence-corrected chi connectivity index (χ1v) is 12.7. The molecule has 0 fully saturated rings. The van der Waals surface area contributed by atoms with Gasteiger partial charge in [-0.15, -0.1) is 10.2 Å². The summed E-state index contributed by atoms with van der Waals surface area (Å²) in [5.74, 6) is 1.38. The van der Waals surface area contributed by atoms with Crippen LogP contribution in [-0.4, -0.2) is 32.5 Å². The first-order valence-electron chi connectivity index (χ1n) is 11.7. The molecule has 0 saturated heterocycles. The second-order valence-corrected chi connectivity index (χ2v) is 9.63. The predicted octanol–water partition coefficient (Wildman–Crippen LogP) is 5.18. The quantitative estimate of drug-likeness (QED) is 0.334. The Kier molecular flexibility index (Phi) is 6.77. The van der Waals surface area contributed by atoms with Crippen molar-refractivity contribution in [2.45, 2.75) is 43.9 Å². The van der Waals surface area contributed by atoms with Crippen LogP contribution in [-0.2, 0) is 30.6 Å². The summed E-state index contributed by atoms with van der Waals surface area (Å²) >= 11 is 1.48. The second kappa shape index (κ2) is 10.3. The Morgan fingerprint density at radius 2 is 1.59 bits per heavy atom. The smallest absolute Gasteiger partial charge is 0.237 e. The molecule has 0 saturated carbocycles. The predicted molar refractivity (Wildman–Crippen MR) is 137 cm³/mol. The number of hydrogen-bond acceptors (Lipinski definition) is 4. The number of carbonyl (C=O) groups excluding carboxylic acids is 1. The van der Waals surface area contributed by atoms with E-state index in [4.69, 9.17) is 0 Å². The van der Waals surface area contributed by atoms with Crippen LogP contribution < -0.4 is 4.90 Å². The maximum absolute atomic E-state index is 13.2. The van der Waals surface area contributed by atoms with Crippen molar-refractivity contribution >= 4 is 23.4 Å². The number of rotatable bonds is 8. The number of aryl methyl sites for hydroxylation is 1. The number of benzene rings is 3. The molecule has 0 unspecified atom stereocenters. The zero-order valence-electron chi connectivity index (χ0n) is 19.3. The Hall–Kier alpha value is -3.38. The van der Waals surface area contributed by atoms with Crippen LogP contribution in [0.5, 0.6) is 0 Å². The van der Waals surface area contributed by atoms with Crippen molar-refractivity contribution in [1.82, 2.24) is 14.8 Å². The van der Waals surface area contributed by atoms with E-state index < -0.39 is 0 Å². The van der Waals surface area contributed by atoms with Gasteiger partial charge in [-0.2, -0.15) is 0 Å². The number of aromatic nitrogens is 3. The van der Waals surface area contributed by atoms with Crippen molar-refractivity contribution in [2.75, 3.05) is 10.7 Å². The van der Waals surface area contributed by atoms with Crippen molar-refractivity contribution in [3.05, 3.63) is 107 Å². The Balaban J connectivity index is 1.33. The van der Waals surface area contributed by atoms with E-state index in [1.54, 1.807) is 0 Å². The normalized spacial score (nSPS) is 14.9. The molecular weight excluding hydrogens is 440 g/mol. The highest BCUT2D eigenvalue weighted by molar-refractivity contribution is 7.99. The molecule has 34 heavy (non-hydrogen) atoms. The highest BCUT2D eigenvalue weighted by atomic mass is 32.2. The van der Waals surface area contributed by atoms with Crippen LogP contribution in [0.4, 0.5) is 5.69 Å². The fraction of sp³-hybridized carbons (Fsp3) is 0.250. The lowest BCUT2D eigenvalue weighted by Gasteiger charge is -2.22. The minimum Gasteiger partial charge on any atom is -0.308 e. The van der Waals surface area contributed by atoms with Crippen LogP contribution in [0.3, 0.4) is 0 Å². The van der Waals surface area contributed by atoms with Gasteiger partial charge in [0.1, 0.15) is 5.82 Å². The van der Waals surface area contributed by atoms with Gasteiger partial charge in [0, 0.05) is 24.7 Å². The van der Waals surface area contributed by atoms with E-state index in [9.17, 15) is 4.79 Å². The molecule has 1 atom stereocenters. The number of carbonyl (C=O) groups is 1. The van der Waals surface area contributed by atoms with Crippen molar-refractivity contribution < 1.29 is 4.79 Å². The molecule has 2 heterocycles. The van der Waals surface area contributed by atoms with E-state index in [1.165, 1.54) is 28.5 Å². The lowest BCUT2D eigenvalue weighted by atomic mass is 10.1. The summed E-state index contributed by atoms with van der Waals surface area (Å²) in [5.41, 5.74) is 4.75. The van der Waals surface area contributed by atoms with Crippen LogP contribution >= 0.6 is 11.8 Å². The summed E-state index contributed by atoms with van der Waals surface area (Å²) in [5, 5.41) is 9.81. The van der Waals surface area contributed by atoms with Crippen molar-refractivity contribution in [2.24, 2.45) is 0 Å². The summed E-state index contributed by atoms with van der Waals surface area (Å²) < 4.78 is 2.18. The Morgan fingerprint density at radius 3 is 2.35 bits per heavy atom. The van der Waals surface area contributed by atoms with Crippen molar-refractivity contribution in [3.63, 3.8) is 0 Å². The maximum Gasteiger partial charge on any atom is 0.237 e. The maximum atomic E-state index is 13.2. The van der Waals surface area contributed by atoms with Gasteiger partial charge >= 0.3 is 0 Å². The number of anilines is 1. The first-order chi connectivity index (χ1) is 16.7. The fourth-order valence-corrected chi connectivity index (χ4v) is 5.43. The highest BCUT2D eigenvalue weighted by Gasteiger charge is 2.30. The van der Waals surface area contributed by atoms with Crippen LogP contribution in [0.2, 0.25) is 0 Å². The first kappa shape index (κ1) is 22.4. The molecule has 0 radical (unpaired) electrons. The molecule has 1 amide bonds. The SMILES string of the molecule is C[C@H]1Cc2ccccc2N1C(=O)CSc1nnc(Cc2ccccc2)n1CCc1ccccc1. The molecule has 5 nitrogen and oxygen atoms in total. The van der Waals surface area contributed by atoms with Crippen LogP contribution in [0, 0.1) is 0 Å². The Labute approximate surface area is 204 Å². The van der Waals surface area contributed by atoms with Crippen LogP contribution in [0.1, 0.15) is 29.4 Å². The lowest BCUT2D eigenvalue weighted by molar-refractivity contribution is -0.116. The minimum atomic E-state index is 0.115. The summed E-state index contributed by atoms with van der Waals surface area (Å²) in [6.45, 7) is 2.89. The van der Waals surface area contributed by atoms with E-state index in [2.05, 4.69) is 64.2 Å². The van der Waals surface area contributed by atoms with Gasteiger partial charge in [-0.25, -0.2) is 0 Å². The molecule has 0 bridgehead atoms. The topological polar surface area (TPSA) is 51.0 Å². The third kappa shape index (κ3) is 4.92. The summed E-state index contributed by atoms with van der Waals surface area (Å²) in [6.07, 6.45) is 2.51. The van der Waals surface area contributed by atoms with E-state index in [0.717, 1.165) is 36.1 Å². The van der Waals surface area contributed by atoms with Crippen molar-refractivity contribution in [1.29, 1.82) is 0 Å². The molecule has 0 aliphatic carbocycles. The third-order valence-electron chi connectivity index (χ3n) is 6.27. The number of para-hydroxylation sites is 1. The largest absolute Gasteiger partial charge is 0.308 e. The summed E-state index contributed by atoms with van der Waals surface area (Å²) in [4.78, 5) is 15.2. The Morgan fingerprint density at radius 1 is 0.912 bits per heavy atom. The fourth-order valence-electron chi connectivity index (χ4n) is 4.59. The molecule has 0 N–H and O–H groups in total. The number of fused-ring (bicyclic) bond motifs is 1. The van der Waals surface area contributed by atoms with Gasteiger partial charge in [0.25, 0.3) is 0 Å². The van der Waals surface area contributed by atoms with Crippen molar-refractivity contribution in [3.8, 4) is 0 Å². The molecular formula is C28H28N4OS. The summed E-state index contributed by atoms with van der Waals surface area (Å²) in [6, 6.07) is 29.2. The van der Waals surface area contributed by atoms with E-state index in [1.807, 2.05) is 47.4 Å². The van der Waals surface area contributed by atoms with E-state index in [0.29, 0.717) is 12.2 Å². The summed E-state index contributed by atoms with van der Waals surface area (Å²) in [7, 11) is 0. The molecule has 6 heteroatoms. The number of amides is 1. The molecule has 1 aromatic heterocycles. The zero-order chi connectivity index (χ0) is 23.3. The van der Waals surface area contributed by atoms with E-state index >= 15 is 0 Å². The Bertz CT molecular complexity index is 1260. The second-order valence-electron chi connectivity index (χ2n) is 8.68. The molecule has 5 rings (SSSR count). The molecule has 172 valence electrons. The van der Waals surface area contributed by atoms with Gasteiger partial charge in [0.2, 0.25) is 5.91 Å². The standard InChI is InChI=1S/C28H28N4OS/c1-21-18-24-14-8-9-15-25(24)32(21)27(33)20-34-28-30-29-26(19-23-12-6-3-7-13-23)31(28)17-16-22-10-4-2-5-11-22/h2-15,21H,16-20H2,1H3/t21-/m0/s1. The van der Waals surface area contributed by atoms with Crippen LogP contribution in [0.25, 0.3) is 0 Å². The molecule has 0 spiro atoms. The van der Waals surface area contributed by atoms with Gasteiger partial charge in [-0.3, -0.25) is 4.79 Å². The number of hydrogen-bond donors (Lipinski definition) is 0. The minimum absolute atomic E-state index is 0.115. The molecule has 1 aliphatic heterocycles.